The summed E-state index contributed by atoms with van der Waals surface area (Å²) in [5, 5.41) is 20.3. The van der Waals surface area contributed by atoms with Gasteiger partial charge in [0.05, 0.1) is 11.1 Å². The van der Waals surface area contributed by atoms with Crippen LogP contribution in [-0.2, 0) is 0 Å². The van der Waals surface area contributed by atoms with E-state index in [1.54, 1.807) is 16.8 Å². The SMILES string of the molecule is OC1=C(c2nc(-c3cc(F)ccc3O)n3ccccc23)N=CCC1. The molecule has 4 rings (SSSR count). The molecule has 0 radical (unpaired) electrons. The second-order valence-corrected chi connectivity index (χ2v) is 5.55. The highest BCUT2D eigenvalue weighted by Crippen LogP contribution is 2.34. The molecule has 0 amide bonds. The van der Waals surface area contributed by atoms with E-state index in [-0.39, 0.29) is 17.1 Å². The number of imidazole rings is 1. The number of pyridine rings is 1. The summed E-state index contributed by atoms with van der Waals surface area (Å²) in [6.45, 7) is 0. The van der Waals surface area contributed by atoms with Crippen LogP contribution in [0.5, 0.6) is 5.75 Å². The first kappa shape index (κ1) is 14.4. The van der Waals surface area contributed by atoms with Crippen LogP contribution in [0, 0.1) is 5.82 Å². The number of aliphatic hydroxyl groups is 1. The van der Waals surface area contributed by atoms with Crippen LogP contribution in [0.25, 0.3) is 22.6 Å². The van der Waals surface area contributed by atoms with Crippen LogP contribution < -0.4 is 0 Å². The van der Waals surface area contributed by atoms with Gasteiger partial charge in [-0.1, -0.05) is 6.07 Å². The maximum Gasteiger partial charge on any atom is 0.149 e. The second-order valence-electron chi connectivity index (χ2n) is 5.55. The van der Waals surface area contributed by atoms with Crippen molar-refractivity contribution in [2.24, 2.45) is 4.99 Å². The number of aromatic hydroxyl groups is 1. The third-order valence-electron chi connectivity index (χ3n) is 3.98. The van der Waals surface area contributed by atoms with Crippen LogP contribution in [-0.4, -0.2) is 25.8 Å². The predicted octanol–water partition coefficient (Wildman–Crippen LogP) is 3.94. The van der Waals surface area contributed by atoms with Gasteiger partial charge in [-0.05, 0) is 36.8 Å². The van der Waals surface area contributed by atoms with Gasteiger partial charge in [0, 0.05) is 18.8 Å². The number of nitrogens with zero attached hydrogens (tertiary/aromatic N) is 3. The molecule has 5 nitrogen and oxygen atoms in total. The number of hydrogen-bond donors (Lipinski definition) is 2. The van der Waals surface area contributed by atoms with Crippen molar-refractivity contribution >= 4 is 17.4 Å². The van der Waals surface area contributed by atoms with Gasteiger partial charge in [-0.25, -0.2) is 9.37 Å². The van der Waals surface area contributed by atoms with E-state index in [4.69, 9.17) is 0 Å². The standard InChI is InChI=1S/C18H14FN3O2/c19-11-6-7-14(23)12(10-11)18-21-16(13-4-1-2-9-22(13)18)17-15(24)5-3-8-20-17/h1-2,4,6-10,23-24H,3,5H2. The number of benzene rings is 1. The smallest absolute Gasteiger partial charge is 0.149 e. The molecule has 0 atom stereocenters. The van der Waals surface area contributed by atoms with Gasteiger partial charge >= 0.3 is 0 Å². The van der Waals surface area contributed by atoms with E-state index < -0.39 is 5.82 Å². The lowest BCUT2D eigenvalue weighted by Gasteiger charge is -2.08. The number of aliphatic imine (C=N–C) groups is 1. The van der Waals surface area contributed by atoms with Gasteiger partial charge in [-0.3, -0.25) is 9.39 Å². The van der Waals surface area contributed by atoms with E-state index >= 15 is 0 Å². The van der Waals surface area contributed by atoms with Crippen molar-refractivity contribution in [3.8, 4) is 17.1 Å². The monoisotopic (exact) mass is 323 g/mol. The van der Waals surface area contributed by atoms with E-state index in [2.05, 4.69) is 9.98 Å². The van der Waals surface area contributed by atoms with Crippen LogP contribution in [0.1, 0.15) is 18.5 Å². The van der Waals surface area contributed by atoms with Gasteiger partial charge < -0.3 is 10.2 Å². The maximum atomic E-state index is 13.6. The van der Waals surface area contributed by atoms with Crippen molar-refractivity contribution in [2.75, 3.05) is 0 Å². The van der Waals surface area contributed by atoms with E-state index in [9.17, 15) is 14.6 Å². The highest BCUT2D eigenvalue weighted by Gasteiger charge is 2.21. The summed E-state index contributed by atoms with van der Waals surface area (Å²) in [6, 6.07) is 9.22. The first-order chi connectivity index (χ1) is 11.6. The largest absolute Gasteiger partial charge is 0.510 e. The molecule has 0 bridgehead atoms. The summed E-state index contributed by atoms with van der Waals surface area (Å²) in [4.78, 5) is 8.81. The molecule has 2 N–H and O–H groups in total. The van der Waals surface area contributed by atoms with Crippen LogP contribution in [0.4, 0.5) is 4.39 Å². The number of phenolic OH excluding ortho intramolecular Hbond substituents is 1. The molecule has 2 aromatic heterocycles. The molecule has 24 heavy (non-hydrogen) atoms. The molecule has 3 aromatic rings. The number of fused-ring (bicyclic) bond motifs is 1. The number of aliphatic hydroxyl groups excluding tert-OH is 1. The quantitative estimate of drug-likeness (QED) is 0.750. The summed E-state index contributed by atoms with van der Waals surface area (Å²) >= 11 is 0. The summed E-state index contributed by atoms with van der Waals surface area (Å²) in [5.41, 5.74) is 1.91. The average Bonchev–Trinajstić information content (AvgIpc) is 2.97. The molecule has 0 saturated heterocycles. The van der Waals surface area contributed by atoms with E-state index in [1.165, 1.54) is 18.2 Å². The average molecular weight is 323 g/mol. The van der Waals surface area contributed by atoms with Crippen molar-refractivity contribution < 1.29 is 14.6 Å². The second kappa shape index (κ2) is 5.49. The Morgan fingerprint density at radius 3 is 2.83 bits per heavy atom. The van der Waals surface area contributed by atoms with Crippen LogP contribution in [0.2, 0.25) is 0 Å². The molecule has 0 unspecified atom stereocenters. The molecule has 6 heteroatoms. The Kier molecular flexibility index (Phi) is 3.30. The van der Waals surface area contributed by atoms with Gasteiger partial charge in [0.15, 0.2) is 0 Å². The van der Waals surface area contributed by atoms with Crippen LogP contribution in [0.15, 0.2) is 53.3 Å². The first-order valence-corrected chi connectivity index (χ1v) is 7.56. The van der Waals surface area contributed by atoms with Crippen molar-refractivity contribution in [1.29, 1.82) is 0 Å². The zero-order valence-electron chi connectivity index (χ0n) is 12.6. The van der Waals surface area contributed by atoms with Crippen molar-refractivity contribution in [3.63, 3.8) is 0 Å². The molecule has 1 aliphatic heterocycles. The van der Waals surface area contributed by atoms with Crippen LogP contribution in [0.3, 0.4) is 0 Å². The molecular weight excluding hydrogens is 309 g/mol. The predicted molar refractivity (Wildman–Crippen MR) is 89.5 cm³/mol. The maximum absolute atomic E-state index is 13.6. The minimum absolute atomic E-state index is 0.0657. The Labute approximate surface area is 137 Å². The Morgan fingerprint density at radius 2 is 2.00 bits per heavy atom. The van der Waals surface area contributed by atoms with Gasteiger partial charge in [-0.2, -0.15) is 0 Å². The van der Waals surface area contributed by atoms with Crippen molar-refractivity contribution in [1.82, 2.24) is 9.38 Å². The van der Waals surface area contributed by atoms with Gasteiger partial charge in [0.2, 0.25) is 0 Å². The number of hydrogen-bond acceptors (Lipinski definition) is 4. The highest BCUT2D eigenvalue weighted by atomic mass is 19.1. The molecule has 3 heterocycles. The Bertz CT molecular complexity index is 1000. The third kappa shape index (κ3) is 2.23. The topological polar surface area (TPSA) is 70.1 Å². The molecule has 1 aromatic carbocycles. The number of phenols is 1. The van der Waals surface area contributed by atoms with Gasteiger partial charge in [-0.15, -0.1) is 0 Å². The van der Waals surface area contributed by atoms with E-state index in [0.29, 0.717) is 30.1 Å². The van der Waals surface area contributed by atoms with Crippen molar-refractivity contribution in [2.45, 2.75) is 12.8 Å². The lowest BCUT2D eigenvalue weighted by Crippen LogP contribution is -1.97. The molecule has 120 valence electrons. The summed E-state index contributed by atoms with van der Waals surface area (Å²) in [6.07, 6.45) is 4.70. The summed E-state index contributed by atoms with van der Waals surface area (Å²) in [7, 11) is 0. The highest BCUT2D eigenvalue weighted by molar-refractivity contribution is 5.85. The summed E-state index contributed by atoms with van der Waals surface area (Å²) < 4.78 is 15.4. The number of rotatable bonds is 2. The van der Waals surface area contributed by atoms with Gasteiger partial charge in [0.25, 0.3) is 0 Å². The zero-order valence-corrected chi connectivity index (χ0v) is 12.6. The number of allylic oxidation sites excluding steroid dienone is 1. The summed E-state index contributed by atoms with van der Waals surface area (Å²) in [5.74, 6) is 0.0360. The van der Waals surface area contributed by atoms with Gasteiger partial charge in [0.1, 0.15) is 34.5 Å². The molecule has 0 saturated carbocycles. The lowest BCUT2D eigenvalue weighted by molar-refractivity contribution is 0.391. The minimum atomic E-state index is -0.463. The fraction of sp³-hybridized carbons (Fsp3) is 0.111. The lowest BCUT2D eigenvalue weighted by atomic mass is 10.1. The Morgan fingerprint density at radius 1 is 1.12 bits per heavy atom. The van der Waals surface area contributed by atoms with Crippen LogP contribution >= 0.6 is 0 Å². The normalized spacial score (nSPS) is 14.5. The zero-order chi connectivity index (χ0) is 16.7. The fourth-order valence-electron chi connectivity index (χ4n) is 2.84. The fourth-order valence-corrected chi connectivity index (χ4v) is 2.84. The van der Waals surface area contributed by atoms with E-state index in [1.807, 2.05) is 18.2 Å². The first-order valence-electron chi connectivity index (χ1n) is 7.56. The molecule has 0 spiro atoms. The molecule has 0 aliphatic carbocycles. The Balaban J connectivity index is 2.02. The molecular formula is C18H14FN3O2. The van der Waals surface area contributed by atoms with E-state index in [0.717, 1.165) is 5.52 Å². The number of aromatic nitrogens is 2. The molecule has 0 fully saturated rings. The molecule has 1 aliphatic rings. The number of halogens is 1. The third-order valence-corrected chi connectivity index (χ3v) is 3.98. The Hall–Kier alpha value is -3.15. The van der Waals surface area contributed by atoms with Crippen molar-refractivity contribution in [3.05, 3.63) is 59.9 Å². The minimum Gasteiger partial charge on any atom is -0.510 e.